The largest absolute Gasteiger partial charge is 0.493 e. The first-order valence-electron chi connectivity index (χ1n) is 6.95. The summed E-state index contributed by atoms with van der Waals surface area (Å²) < 4.78 is 10.6. The van der Waals surface area contributed by atoms with E-state index in [1.165, 1.54) is 7.11 Å². The van der Waals surface area contributed by atoms with E-state index in [-0.39, 0.29) is 6.54 Å². The van der Waals surface area contributed by atoms with Crippen molar-refractivity contribution >= 4 is 23.5 Å². The zero-order valence-electron chi connectivity index (χ0n) is 12.4. The maximum Gasteiger partial charge on any atom is 0.319 e. The Kier molecular flexibility index (Phi) is 4.81. The van der Waals surface area contributed by atoms with Crippen LogP contribution in [0.25, 0.3) is 0 Å². The highest BCUT2D eigenvalue weighted by atomic mass is 35.5. The standard InChI is InChI=1S/C15H18ClNO5/c1-3-22-12-10(16)6-9(7-11(12)21-2)8-17-13(18)15(4-5-15)14(19)20/h6-7H,3-5,8H2,1-2H3,(H,17,18)(H,19,20). The summed E-state index contributed by atoms with van der Waals surface area (Å²) >= 11 is 6.15. The molecule has 22 heavy (non-hydrogen) atoms. The molecule has 1 aromatic rings. The van der Waals surface area contributed by atoms with Gasteiger partial charge in [-0.25, -0.2) is 0 Å². The number of carboxylic acids is 1. The second-order valence-electron chi connectivity index (χ2n) is 5.11. The highest BCUT2D eigenvalue weighted by molar-refractivity contribution is 6.32. The van der Waals surface area contributed by atoms with Crippen LogP contribution in [-0.2, 0) is 16.1 Å². The topological polar surface area (TPSA) is 84.9 Å². The van der Waals surface area contributed by atoms with E-state index in [4.69, 9.17) is 26.2 Å². The first kappa shape index (κ1) is 16.4. The number of aliphatic carboxylic acids is 1. The number of halogens is 1. The normalized spacial score (nSPS) is 15.0. The predicted octanol–water partition coefficient (Wildman–Crippen LogP) is 2.23. The molecule has 2 rings (SSSR count). The third-order valence-electron chi connectivity index (χ3n) is 3.63. The van der Waals surface area contributed by atoms with E-state index >= 15 is 0 Å². The predicted molar refractivity (Wildman–Crippen MR) is 80.3 cm³/mol. The molecule has 0 atom stereocenters. The average Bonchev–Trinajstić information content (AvgIpc) is 3.28. The number of benzene rings is 1. The molecule has 2 N–H and O–H groups in total. The molecule has 0 radical (unpaired) electrons. The van der Waals surface area contributed by atoms with E-state index in [1.54, 1.807) is 12.1 Å². The van der Waals surface area contributed by atoms with Gasteiger partial charge in [0.05, 0.1) is 18.7 Å². The summed E-state index contributed by atoms with van der Waals surface area (Å²) in [7, 11) is 1.50. The summed E-state index contributed by atoms with van der Waals surface area (Å²) in [5.41, 5.74) is -0.543. The van der Waals surface area contributed by atoms with Gasteiger partial charge in [0.2, 0.25) is 5.91 Å². The zero-order chi connectivity index (χ0) is 16.3. The molecule has 0 heterocycles. The molecule has 7 heteroatoms. The first-order valence-corrected chi connectivity index (χ1v) is 7.33. The molecule has 1 aliphatic rings. The van der Waals surface area contributed by atoms with Gasteiger partial charge >= 0.3 is 5.97 Å². The van der Waals surface area contributed by atoms with Gasteiger partial charge in [0.15, 0.2) is 11.5 Å². The number of ether oxygens (including phenoxy) is 2. The molecule has 1 saturated carbocycles. The van der Waals surface area contributed by atoms with Crippen molar-refractivity contribution in [2.24, 2.45) is 5.41 Å². The Labute approximate surface area is 133 Å². The summed E-state index contributed by atoms with van der Waals surface area (Å²) in [4.78, 5) is 23.1. The number of nitrogens with one attached hydrogen (secondary N) is 1. The molecule has 0 aliphatic heterocycles. The number of hydrogen-bond acceptors (Lipinski definition) is 4. The quantitative estimate of drug-likeness (QED) is 0.750. The monoisotopic (exact) mass is 327 g/mol. The van der Waals surface area contributed by atoms with Crippen LogP contribution in [0.15, 0.2) is 12.1 Å². The van der Waals surface area contributed by atoms with Crippen LogP contribution in [0.4, 0.5) is 0 Å². The van der Waals surface area contributed by atoms with E-state index in [9.17, 15) is 9.59 Å². The van der Waals surface area contributed by atoms with Crippen LogP contribution in [0, 0.1) is 5.41 Å². The second kappa shape index (κ2) is 6.44. The summed E-state index contributed by atoms with van der Waals surface area (Å²) in [6.45, 7) is 2.47. The minimum Gasteiger partial charge on any atom is -0.493 e. The van der Waals surface area contributed by atoms with Gasteiger partial charge in [0, 0.05) is 6.54 Å². The Bertz CT molecular complexity index is 598. The zero-order valence-corrected chi connectivity index (χ0v) is 13.2. The SMILES string of the molecule is CCOc1c(Cl)cc(CNC(=O)C2(C(=O)O)CC2)cc1OC. The molecular formula is C15H18ClNO5. The third kappa shape index (κ3) is 3.11. The number of hydrogen-bond donors (Lipinski definition) is 2. The van der Waals surface area contributed by atoms with E-state index < -0.39 is 17.3 Å². The Morgan fingerprint density at radius 3 is 2.59 bits per heavy atom. The number of carbonyl (C=O) groups excluding carboxylic acids is 1. The van der Waals surface area contributed by atoms with Crippen molar-refractivity contribution in [2.75, 3.05) is 13.7 Å². The van der Waals surface area contributed by atoms with Crippen molar-refractivity contribution in [1.82, 2.24) is 5.32 Å². The van der Waals surface area contributed by atoms with Crippen LogP contribution in [0.1, 0.15) is 25.3 Å². The van der Waals surface area contributed by atoms with Crippen molar-refractivity contribution in [1.29, 1.82) is 0 Å². The minimum absolute atomic E-state index is 0.177. The number of methoxy groups -OCH3 is 1. The second-order valence-corrected chi connectivity index (χ2v) is 5.52. The Morgan fingerprint density at radius 1 is 1.41 bits per heavy atom. The lowest BCUT2D eigenvalue weighted by molar-refractivity contribution is -0.149. The summed E-state index contributed by atoms with van der Waals surface area (Å²) in [6, 6.07) is 3.37. The molecule has 0 aromatic heterocycles. The Morgan fingerprint density at radius 2 is 2.09 bits per heavy atom. The summed E-state index contributed by atoms with van der Waals surface area (Å²) in [6.07, 6.45) is 0.753. The molecule has 1 aliphatic carbocycles. The molecule has 1 aromatic carbocycles. The van der Waals surface area contributed by atoms with Crippen molar-refractivity contribution in [3.8, 4) is 11.5 Å². The van der Waals surface area contributed by atoms with Crippen LogP contribution in [0.3, 0.4) is 0 Å². The molecule has 0 unspecified atom stereocenters. The fraction of sp³-hybridized carbons (Fsp3) is 0.467. The van der Waals surface area contributed by atoms with E-state index in [1.807, 2.05) is 6.92 Å². The molecule has 1 amide bonds. The lowest BCUT2D eigenvalue weighted by Crippen LogP contribution is -2.36. The fourth-order valence-corrected chi connectivity index (χ4v) is 2.46. The molecule has 120 valence electrons. The van der Waals surface area contributed by atoms with Crippen LogP contribution in [0.2, 0.25) is 5.02 Å². The van der Waals surface area contributed by atoms with Gasteiger partial charge in [0.1, 0.15) is 5.41 Å². The molecule has 1 fully saturated rings. The molecular weight excluding hydrogens is 310 g/mol. The van der Waals surface area contributed by atoms with Crippen LogP contribution < -0.4 is 14.8 Å². The number of carbonyl (C=O) groups is 2. The van der Waals surface area contributed by atoms with Crippen molar-refractivity contribution in [3.63, 3.8) is 0 Å². The van der Waals surface area contributed by atoms with Crippen LogP contribution >= 0.6 is 11.6 Å². The maximum absolute atomic E-state index is 12.0. The van der Waals surface area contributed by atoms with E-state index in [2.05, 4.69) is 5.32 Å². The lowest BCUT2D eigenvalue weighted by atomic mass is 10.1. The summed E-state index contributed by atoms with van der Waals surface area (Å²) in [5, 5.41) is 12.1. The van der Waals surface area contributed by atoms with Gasteiger partial charge in [-0.15, -0.1) is 0 Å². The third-order valence-corrected chi connectivity index (χ3v) is 3.91. The fourth-order valence-electron chi connectivity index (χ4n) is 2.17. The lowest BCUT2D eigenvalue weighted by Gasteiger charge is -2.14. The number of amides is 1. The van der Waals surface area contributed by atoms with E-state index in [0.29, 0.717) is 41.5 Å². The van der Waals surface area contributed by atoms with Crippen LogP contribution in [0.5, 0.6) is 11.5 Å². The molecule has 0 saturated heterocycles. The molecule has 0 spiro atoms. The van der Waals surface area contributed by atoms with Crippen molar-refractivity contribution < 1.29 is 24.2 Å². The van der Waals surface area contributed by atoms with Gasteiger partial charge in [-0.3, -0.25) is 9.59 Å². The molecule has 6 nitrogen and oxygen atoms in total. The highest BCUT2D eigenvalue weighted by Gasteiger charge is 2.56. The number of rotatable bonds is 7. The van der Waals surface area contributed by atoms with Gasteiger partial charge in [-0.05, 0) is 37.5 Å². The number of carboxylic acid groups (broad SMARTS) is 1. The average molecular weight is 328 g/mol. The van der Waals surface area contributed by atoms with Gasteiger partial charge < -0.3 is 19.9 Å². The van der Waals surface area contributed by atoms with Gasteiger partial charge in [-0.1, -0.05) is 11.6 Å². The van der Waals surface area contributed by atoms with Crippen LogP contribution in [-0.4, -0.2) is 30.7 Å². The smallest absolute Gasteiger partial charge is 0.319 e. The van der Waals surface area contributed by atoms with Crippen molar-refractivity contribution in [3.05, 3.63) is 22.7 Å². The van der Waals surface area contributed by atoms with E-state index in [0.717, 1.165) is 0 Å². The minimum atomic E-state index is -1.25. The highest BCUT2D eigenvalue weighted by Crippen LogP contribution is 2.46. The first-order chi connectivity index (χ1) is 10.4. The Hall–Kier alpha value is -1.95. The summed E-state index contributed by atoms with van der Waals surface area (Å²) in [5.74, 6) is -0.625. The van der Waals surface area contributed by atoms with Gasteiger partial charge in [-0.2, -0.15) is 0 Å². The van der Waals surface area contributed by atoms with Gasteiger partial charge in [0.25, 0.3) is 0 Å². The molecule has 0 bridgehead atoms. The Balaban J connectivity index is 2.09. The maximum atomic E-state index is 12.0. The van der Waals surface area contributed by atoms with Crippen molar-refractivity contribution in [2.45, 2.75) is 26.3 Å².